The summed E-state index contributed by atoms with van der Waals surface area (Å²) in [5, 5.41) is 0. The second-order valence-electron chi connectivity index (χ2n) is 16.0. The van der Waals surface area contributed by atoms with Crippen molar-refractivity contribution < 1.29 is 0 Å². The van der Waals surface area contributed by atoms with Gasteiger partial charge in [-0.1, -0.05) is 121 Å². The number of fused-ring (bicyclic) bond motifs is 5. The summed E-state index contributed by atoms with van der Waals surface area (Å²) in [5.74, 6) is 0. The van der Waals surface area contributed by atoms with Gasteiger partial charge in [-0.05, 0) is 184 Å². The molecule has 3 aliphatic carbocycles. The second-order valence-corrected chi connectivity index (χ2v) is 16.0. The Kier molecular flexibility index (Phi) is 8.89. The Morgan fingerprint density at radius 2 is 0.678 bits per heavy atom. The van der Waals surface area contributed by atoms with Crippen LogP contribution >= 0.6 is 0 Å². The van der Waals surface area contributed by atoms with E-state index in [1.165, 1.54) is 78.1 Å². The van der Waals surface area contributed by atoms with Gasteiger partial charge in [0.15, 0.2) is 0 Å². The molecule has 0 saturated heterocycles. The largest absolute Gasteiger partial charge is 0.310 e. The Hall–Kier alpha value is -7.16. The highest BCUT2D eigenvalue weighted by atomic mass is 15.1. The van der Waals surface area contributed by atoms with Crippen molar-refractivity contribution >= 4 is 46.3 Å². The summed E-state index contributed by atoms with van der Waals surface area (Å²) in [5.41, 5.74) is 22.8. The number of hydrogen-bond acceptors (Lipinski definition) is 2. The molecule has 59 heavy (non-hydrogen) atoms. The Morgan fingerprint density at radius 1 is 0.305 bits per heavy atom. The molecule has 2 heteroatoms. The molecule has 0 atom stereocenters. The van der Waals surface area contributed by atoms with Gasteiger partial charge in [0.05, 0.1) is 0 Å². The van der Waals surface area contributed by atoms with Crippen LogP contribution in [0.3, 0.4) is 0 Å². The summed E-state index contributed by atoms with van der Waals surface area (Å²) in [6.45, 7) is 0. The average Bonchev–Trinajstić information content (AvgIpc) is 3.68. The summed E-state index contributed by atoms with van der Waals surface area (Å²) in [6.07, 6.45) is 14.5. The zero-order valence-corrected chi connectivity index (χ0v) is 33.1. The quantitative estimate of drug-likeness (QED) is 0.152. The van der Waals surface area contributed by atoms with E-state index in [0.29, 0.717) is 0 Å². The van der Waals surface area contributed by atoms with Crippen molar-refractivity contribution in [3.63, 3.8) is 0 Å². The lowest BCUT2D eigenvalue weighted by atomic mass is 9.95. The van der Waals surface area contributed by atoms with Crippen molar-refractivity contribution in [1.82, 2.24) is 0 Å². The first-order valence-corrected chi connectivity index (χ1v) is 21.0. The molecule has 11 rings (SSSR count). The number of anilines is 6. The first-order chi connectivity index (χ1) is 29.2. The molecule has 8 aromatic rings. The molecule has 0 heterocycles. The van der Waals surface area contributed by atoms with E-state index in [-0.39, 0.29) is 0 Å². The number of nitrogens with zero attached hydrogens (tertiary/aromatic N) is 2. The molecule has 0 unspecified atom stereocenters. The zero-order chi connectivity index (χ0) is 39.1. The van der Waals surface area contributed by atoms with Gasteiger partial charge in [-0.15, -0.1) is 0 Å². The highest BCUT2D eigenvalue weighted by molar-refractivity contribution is 5.87. The van der Waals surface area contributed by atoms with E-state index in [1.807, 2.05) is 0 Å². The molecular weight excluding hydrogens is 713 g/mol. The smallest absolute Gasteiger partial charge is 0.0467 e. The predicted octanol–water partition coefficient (Wildman–Crippen LogP) is 15.5. The number of benzene rings is 8. The standard InChI is InChI=1S/C57H44N2/c1-3-15-50(16-4-1)58(54-33-27-40-11-7-9-13-44(40)36-54)52-29-23-42(24-30-52)46-19-21-48-35-49-22-20-47(39-57(49)56(48)38-46)43-25-31-53(32-26-43)59(51-17-5-2-6-18-51)55-34-28-41-12-8-10-14-45(41)37-55/h1-6,9-10,13-34,36-39H,7-8,11-12,35H2. The van der Waals surface area contributed by atoms with Gasteiger partial charge in [0, 0.05) is 34.1 Å². The molecular formula is C57H44N2. The molecule has 0 aromatic heterocycles. The Bertz CT molecular complexity index is 2680. The van der Waals surface area contributed by atoms with Gasteiger partial charge in [-0.2, -0.15) is 0 Å². The van der Waals surface area contributed by atoms with Crippen molar-refractivity contribution in [1.29, 1.82) is 0 Å². The van der Waals surface area contributed by atoms with Crippen LogP contribution in [0.15, 0.2) is 194 Å². The number of rotatable bonds is 8. The number of allylic oxidation sites excluding steroid dienone is 2. The van der Waals surface area contributed by atoms with Gasteiger partial charge in [0.1, 0.15) is 0 Å². The third-order valence-electron chi connectivity index (χ3n) is 12.4. The minimum absolute atomic E-state index is 0.965. The van der Waals surface area contributed by atoms with Gasteiger partial charge in [0.2, 0.25) is 0 Å². The summed E-state index contributed by atoms with van der Waals surface area (Å²) in [4.78, 5) is 4.73. The highest BCUT2D eigenvalue weighted by Gasteiger charge is 2.21. The number of aryl methyl sites for hydroxylation is 2. The third kappa shape index (κ3) is 6.67. The average molecular weight is 757 g/mol. The van der Waals surface area contributed by atoms with Gasteiger partial charge >= 0.3 is 0 Å². The van der Waals surface area contributed by atoms with E-state index in [1.54, 1.807) is 0 Å². The van der Waals surface area contributed by atoms with Crippen molar-refractivity contribution in [2.45, 2.75) is 32.1 Å². The molecule has 0 aliphatic heterocycles. The molecule has 3 aliphatic rings. The van der Waals surface area contributed by atoms with E-state index in [2.05, 4.69) is 216 Å². The normalized spacial score (nSPS) is 13.3. The maximum Gasteiger partial charge on any atom is 0.0467 e. The summed E-state index contributed by atoms with van der Waals surface area (Å²) >= 11 is 0. The lowest BCUT2D eigenvalue weighted by Gasteiger charge is -2.27. The molecule has 0 saturated carbocycles. The van der Waals surface area contributed by atoms with Crippen LogP contribution in [0.2, 0.25) is 0 Å². The molecule has 2 nitrogen and oxygen atoms in total. The maximum atomic E-state index is 2.40. The summed E-state index contributed by atoms with van der Waals surface area (Å²) in [6, 6.07) is 67.4. The lowest BCUT2D eigenvalue weighted by molar-refractivity contribution is 0.985. The SMILES string of the molecule is C1=Cc2cc(N(c3ccccc3)c3ccc(-c4ccc5c(c4)-c4cc(-c6ccc(N(c7ccccc7)c7ccc8c(c7)C=CCC8)cc6)ccc4C5)cc3)ccc2CC1. The highest BCUT2D eigenvalue weighted by Crippen LogP contribution is 2.43. The molecule has 0 radical (unpaired) electrons. The number of hydrogen-bond donors (Lipinski definition) is 0. The fourth-order valence-electron chi connectivity index (χ4n) is 9.29. The topological polar surface area (TPSA) is 6.48 Å². The van der Waals surface area contributed by atoms with Crippen molar-refractivity contribution in [2.24, 2.45) is 0 Å². The van der Waals surface area contributed by atoms with Crippen molar-refractivity contribution in [3.05, 3.63) is 228 Å². The van der Waals surface area contributed by atoms with Gasteiger partial charge < -0.3 is 9.80 Å². The monoisotopic (exact) mass is 756 g/mol. The van der Waals surface area contributed by atoms with E-state index >= 15 is 0 Å². The Morgan fingerprint density at radius 3 is 1.12 bits per heavy atom. The van der Waals surface area contributed by atoms with E-state index in [9.17, 15) is 0 Å². The maximum absolute atomic E-state index is 2.40. The fraction of sp³-hybridized carbons (Fsp3) is 0.0877. The summed E-state index contributed by atoms with van der Waals surface area (Å²) in [7, 11) is 0. The van der Waals surface area contributed by atoms with Gasteiger partial charge in [-0.25, -0.2) is 0 Å². The Labute approximate surface area is 347 Å². The van der Waals surface area contributed by atoms with E-state index in [4.69, 9.17) is 0 Å². The second kappa shape index (κ2) is 15.0. The van der Waals surface area contributed by atoms with Gasteiger partial charge in [0.25, 0.3) is 0 Å². The van der Waals surface area contributed by atoms with Crippen molar-refractivity contribution in [2.75, 3.05) is 9.80 Å². The van der Waals surface area contributed by atoms with Crippen molar-refractivity contribution in [3.8, 4) is 33.4 Å². The van der Waals surface area contributed by atoms with Crippen LogP contribution in [0.25, 0.3) is 45.5 Å². The zero-order valence-electron chi connectivity index (χ0n) is 33.1. The van der Waals surface area contributed by atoms with Crippen LogP contribution in [0.4, 0.5) is 34.1 Å². The third-order valence-corrected chi connectivity index (χ3v) is 12.4. The van der Waals surface area contributed by atoms with Crippen LogP contribution < -0.4 is 9.80 Å². The predicted molar refractivity (Wildman–Crippen MR) is 250 cm³/mol. The number of para-hydroxylation sites is 2. The summed E-state index contributed by atoms with van der Waals surface area (Å²) < 4.78 is 0. The van der Waals surface area contributed by atoms with Crippen LogP contribution in [-0.4, -0.2) is 0 Å². The Balaban J connectivity index is 0.887. The lowest BCUT2D eigenvalue weighted by Crippen LogP contribution is -2.10. The molecule has 8 aromatic carbocycles. The minimum atomic E-state index is 0.965. The van der Waals surface area contributed by atoms with E-state index < -0.39 is 0 Å². The van der Waals surface area contributed by atoms with Crippen LogP contribution in [0.1, 0.15) is 46.2 Å². The van der Waals surface area contributed by atoms with Crippen LogP contribution in [-0.2, 0) is 19.3 Å². The molecule has 0 amide bonds. The minimum Gasteiger partial charge on any atom is -0.310 e. The fourth-order valence-corrected chi connectivity index (χ4v) is 9.29. The van der Waals surface area contributed by atoms with E-state index in [0.717, 1.165) is 54.9 Å². The molecule has 0 fully saturated rings. The van der Waals surface area contributed by atoms with Gasteiger partial charge in [-0.3, -0.25) is 0 Å². The van der Waals surface area contributed by atoms with Crippen LogP contribution in [0, 0.1) is 0 Å². The molecule has 282 valence electrons. The molecule has 0 bridgehead atoms. The first kappa shape index (κ1) is 35.0. The molecule has 0 N–H and O–H groups in total. The first-order valence-electron chi connectivity index (χ1n) is 21.0. The molecule has 0 spiro atoms. The van der Waals surface area contributed by atoms with Crippen LogP contribution in [0.5, 0.6) is 0 Å².